The maximum Gasteiger partial charge on any atom is 0.343 e. The van der Waals surface area contributed by atoms with E-state index in [9.17, 15) is 22.8 Å². The van der Waals surface area contributed by atoms with Gasteiger partial charge in [0.1, 0.15) is 11.8 Å². The number of nitrogens with one attached hydrogen (secondary N) is 1. The highest BCUT2D eigenvalue weighted by atomic mass is 32.2. The van der Waals surface area contributed by atoms with Gasteiger partial charge in [-0.1, -0.05) is 12.1 Å². The normalized spacial score (nSPS) is 12.1. The van der Waals surface area contributed by atoms with Gasteiger partial charge in [0.15, 0.2) is 5.96 Å². The van der Waals surface area contributed by atoms with Crippen LogP contribution in [0.2, 0.25) is 0 Å². The van der Waals surface area contributed by atoms with E-state index in [2.05, 4.69) is 9.71 Å². The molecule has 2 aromatic carbocycles. The lowest BCUT2D eigenvalue weighted by atomic mass is 10.2. The Bertz CT molecular complexity index is 1190. The average molecular weight is 493 g/mol. The number of nitrogens with zero attached hydrogens (tertiary/aromatic N) is 2. The van der Waals surface area contributed by atoms with Crippen molar-refractivity contribution >= 4 is 39.8 Å². The molecule has 0 unspecified atom stereocenters. The van der Waals surface area contributed by atoms with E-state index in [0.717, 1.165) is 7.05 Å². The molecule has 2 rings (SSSR count). The summed E-state index contributed by atoms with van der Waals surface area (Å²) in [6.45, 7) is -0.273. The Labute approximate surface area is 194 Å². The van der Waals surface area contributed by atoms with E-state index in [4.69, 9.17) is 26.4 Å². The van der Waals surface area contributed by atoms with Gasteiger partial charge >= 0.3 is 17.9 Å². The predicted octanol–water partition coefficient (Wildman–Crippen LogP) is 0.00480. The van der Waals surface area contributed by atoms with Gasteiger partial charge in [-0.3, -0.25) is 9.59 Å². The van der Waals surface area contributed by atoms with Crippen molar-refractivity contribution in [1.29, 1.82) is 0 Å². The Morgan fingerprint density at radius 3 is 2.32 bits per heavy atom. The molecule has 34 heavy (non-hydrogen) atoms. The lowest BCUT2D eigenvalue weighted by molar-refractivity contribution is -0.147. The second kappa shape index (κ2) is 11.2. The molecule has 0 amide bonds. The molecule has 7 N–H and O–H groups in total. The van der Waals surface area contributed by atoms with Crippen LogP contribution in [0.5, 0.6) is 5.75 Å². The number of hydrogen-bond acceptors (Lipinski definition) is 7. The monoisotopic (exact) mass is 493 g/mol. The number of ether oxygens (including phenoxy) is 1. The highest BCUT2D eigenvalue weighted by Gasteiger charge is 2.33. The van der Waals surface area contributed by atoms with Crippen LogP contribution in [0, 0.1) is 0 Å². The second-order valence-corrected chi connectivity index (χ2v) is 8.73. The molecule has 0 aliphatic heterocycles. The maximum atomic E-state index is 12.4. The van der Waals surface area contributed by atoms with Gasteiger partial charge in [0, 0.05) is 13.6 Å². The van der Waals surface area contributed by atoms with Gasteiger partial charge in [-0.2, -0.15) is 17.4 Å². The summed E-state index contributed by atoms with van der Waals surface area (Å²) in [7, 11) is -3.38. The van der Waals surface area contributed by atoms with Gasteiger partial charge < -0.3 is 26.4 Å². The van der Waals surface area contributed by atoms with Crippen molar-refractivity contribution in [2.75, 3.05) is 7.05 Å². The number of carboxylic acids is 2. The summed E-state index contributed by atoms with van der Waals surface area (Å²) in [6.07, 6.45) is -0.912. The zero-order chi connectivity index (χ0) is 25.5. The molecule has 0 spiro atoms. The lowest BCUT2D eigenvalue weighted by Crippen LogP contribution is -2.48. The van der Waals surface area contributed by atoms with Crippen LogP contribution < -0.4 is 20.9 Å². The first-order chi connectivity index (χ1) is 15.9. The smallest absolute Gasteiger partial charge is 0.343 e. The average Bonchev–Trinajstić information content (AvgIpc) is 2.75. The minimum Gasteiger partial charge on any atom is -0.481 e. The van der Waals surface area contributed by atoms with Crippen molar-refractivity contribution in [3.05, 3.63) is 59.7 Å². The topological polar surface area (TPSA) is 215 Å². The molecule has 0 aliphatic rings. The second-order valence-electron chi connectivity index (χ2n) is 6.91. The van der Waals surface area contributed by atoms with Crippen LogP contribution in [0.3, 0.4) is 0 Å². The molecule has 0 heterocycles. The van der Waals surface area contributed by atoms with Crippen molar-refractivity contribution in [1.82, 2.24) is 9.03 Å². The minimum atomic E-state index is -4.34. The third-order valence-electron chi connectivity index (χ3n) is 4.40. The number of esters is 1. The number of aliphatic imine (C=N–C) groups is 1. The molecular formula is C20H23N5O8S. The third-order valence-corrected chi connectivity index (χ3v) is 5.92. The Kier molecular flexibility index (Phi) is 8.66. The van der Waals surface area contributed by atoms with Crippen LogP contribution in [0.15, 0.2) is 53.5 Å². The van der Waals surface area contributed by atoms with E-state index in [-0.39, 0.29) is 23.8 Å². The van der Waals surface area contributed by atoms with Gasteiger partial charge in [0.05, 0.1) is 17.7 Å². The number of aliphatic carboxylic acids is 2. The van der Waals surface area contributed by atoms with Crippen molar-refractivity contribution in [2.24, 2.45) is 16.5 Å². The van der Waals surface area contributed by atoms with Crippen LogP contribution in [-0.2, 0) is 26.3 Å². The van der Waals surface area contributed by atoms with E-state index in [0.29, 0.717) is 15.6 Å². The summed E-state index contributed by atoms with van der Waals surface area (Å²) in [5.74, 6) is -3.73. The molecule has 182 valence electrons. The molecule has 0 radical (unpaired) electrons. The molecule has 0 bridgehead atoms. The van der Waals surface area contributed by atoms with Crippen molar-refractivity contribution < 1.29 is 37.8 Å². The summed E-state index contributed by atoms with van der Waals surface area (Å²) in [6, 6.07) is 10.2. The Morgan fingerprint density at radius 2 is 1.76 bits per heavy atom. The van der Waals surface area contributed by atoms with Gasteiger partial charge in [-0.25, -0.2) is 9.79 Å². The third kappa shape index (κ3) is 7.54. The van der Waals surface area contributed by atoms with Gasteiger partial charge in [-0.15, -0.1) is 0 Å². The first kappa shape index (κ1) is 26.2. The number of guanidine groups is 1. The largest absolute Gasteiger partial charge is 0.481 e. The number of carbonyl (C=O) groups excluding carboxylic acids is 1. The standard InChI is InChI=1S/C20H23N5O8S/c1-25(16(18(28)29)10-17(26)27)34(31,32)23-11-12-3-2-4-15(9-12)33-19(30)13-5-7-14(8-6-13)24-20(21)22/h2-9,16,23H,10-11H2,1H3,(H,26,27)(H,28,29)(H4,21,22,24)/t16-/m0/s1. The van der Waals surface area contributed by atoms with Gasteiger partial charge in [-0.05, 0) is 42.0 Å². The maximum absolute atomic E-state index is 12.4. The predicted molar refractivity (Wildman–Crippen MR) is 121 cm³/mol. The van der Waals surface area contributed by atoms with Crippen LogP contribution in [0.25, 0.3) is 0 Å². The number of hydrogen-bond donors (Lipinski definition) is 5. The minimum absolute atomic E-state index is 0.130. The summed E-state index contributed by atoms with van der Waals surface area (Å²) >= 11 is 0. The van der Waals surface area contributed by atoms with Crippen LogP contribution in [0.1, 0.15) is 22.3 Å². The number of carbonyl (C=O) groups is 3. The molecule has 0 saturated carbocycles. The van der Waals surface area contributed by atoms with Crippen LogP contribution in [0.4, 0.5) is 5.69 Å². The van der Waals surface area contributed by atoms with E-state index in [1.807, 2.05) is 0 Å². The van der Waals surface area contributed by atoms with E-state index >= 15 is 0 Å². The number of rotatable bonds is 11. The number of likely N-dealkylation sites (N-methyl/N-ethyl adjacent to an activating group) is 1. The number of carboxylic acid groups (broad SMARTS) is 2. The van der Waals surface area contributed by atoms with E-state index < -0.39 is 40.6 Å². The molecule has 14 heteroatoms. The first-order valence-electron chi connectivity index (χ1n) is 9.57. The van der Waals surface area contributed by atoms with Crippen LogP contribution >= 0.6 is 0 Å². The highest BCUT2D eigenvalue weighted by Crippen LogP contribution is 2.18. The van der Waals surface area contributed by atoms with Crippen molar-refractivity contribution in [3.63, 3.8) is 0 Å². The number of benzene rings is 2. The SMILES string of the molecule is CN([C@@H](CC(=O)O)C(=O)O)S(=O)(=O)NCc1cccc(OC(=O)c2ccc(N=C(N)N)cc2)c1. The molecule has 0 saturated heterocycles. The zero-order valence-corrected chi connectivity index (χ0v) is 18.7. The molecule has 1 atom stereocenters. The summed E-state index contributed by atoms with van der Waals surface area (Å²) in [5, 5.41) is 18.0. The quantitative estimate of drug-likeness (QED) is 0.122. The van der Waals surface area contributed by atoms with Crippen LogP contribution in [-0.4, -0.2) is 59.9 Å². The van der Waals surface area contributed by atoms with Gasteiger partial charge in [0.25, 0.3) is 10.2 Å². The van der Waals surface area contributed by atoms with E-state index in [1.54, 1.807) is 6.07 Å². The number of nitrogens with two attached hydrogens (primary N) is 2. The van der Waals surface area contributed by atoms with Gasteiger partial charge in [0.2, 0.25) is 0 Å². The first-order valence-corrected chi connectivity index (χ1v) is 11.0. The molecule has 2 aromatic rings. The van der Waals surface area contributed by atoms with Crippen molar-refractivity contribution in [3.8, 4) is 5.75 Å². The lowest BCUT2D eigenvalue weighted by Gasteiger charge is -2.23. The molecule has 0 aromatic heterocycles. The Balaban J connectivity index is 2.06. The zero-order valence-electron chi connectivity index (χ0n) is 17.9. The molecule has 13 nitrogen and oxygen atoms in total. The summed E-state index contributed by atoms with van der Waals surface area (Å²) in [4.78, 5) is 38.3. The van der Waals surface area contributed by atoms with Crippen molar-refractivity contribution in [2.45, 2.75) is 19.0 Å². The summed E-state index contributed by atoms with van der Waals surface area (Å²) in [5.41, 5.74) is 11.7. The highest BCUT2D eigenvalue weighted by molar-refractivity contribution is 7.87. The summed E-state index contributed by atoms with van der Waals surface area (Å²) < 4.78 is 32.8. The molecule has 0 fully saturated rings. The fourth-order valence-corrected chi connectivity index (χ4v) is 3.74. The fourth-order valence-electron chi connectivity index (χ4n) is 2.69. The van der Waals surface area contributed by atoms with E-state index in [1.165, 1.54) is 42.5 Å². The molecular weight excluding hydrogens is 470 g/mol. The Hall–Kier alpha value is -4.01. The fraction of sp³-hybridized carbons (Fsp3) is 0.200. The Morgan fingerprint density at radius 1 is 1.12 bits per heavy atom. The molecule has 0 aliphatic carbocycles.